The highest BCUT2D eigenvalue weighted by Crippen LogP contribution is 2.36. The van der Waals surface area contributed by atoms with Crippen molar-refractivity contribution in [2.45, 2.75) is 50.7 Å². The first-order chi connectivity index (χ1) is 6.66. The third-order valence-electron chi connectivity index (χ3n) is 3.26. The van der Waals surface area contributed by atoms with Crippen LogP contribution < -0.4 is 0 Å². The van der Waals surface area contributed by atoms with E-state index in [9.17, 15) is 5.11 Å². The second-order valence-corrected chi connectivity index (χ2v) is 4.15. The van der Waals surface area contributed by atoms with Crippen molar-refractivity contribution in [1.29, 1.82) is 5.26 Å². The van der Waals surface area contributed by atoms with Crippen LogP contribution in [0.4, 0.5) is 0 Å². The molecule has 1 rings (SSSR count). The number of nitriles is 1. The molecule has 80 valence electrons. The maximum absolute atomic E-state index is 10.3. The Hall–Kier alpha value is -0.590. The van der Waals surface area contributed by atoms with Crippen molar-refractivity contribution in [2.75, 3.05) is 7.11 Å². The Morgan fingerprint density at radius 2 is 2.43 bits per heavy atom. The SMILES string of the molecule is CCC(C#N)C1(O)CCCC(OC)C1. The molecule has 1 aliphatic carbocycles. The molecule has 3 nitrogen and oxygen atoms in total. The van der Waals surface area contributed by atoms with Crippen molar-refractivity contribution in [2.24, 2.45) is 5.92 Å². The molecule has 3 atom stereocenters. The van der Waals surface area contributed by atoms with E-state index in [0.717, 1.165) is 19.3 Å². The van der Waals surface area contributed by atoms with E-state index in [1.165, 1.54) is 0 Å². The van der Waals surface area contributed by atoms with Crippen molar-refractivity contribution in [3.05, 3.63) is 0 Å². The molecular weight excluding hydrogens is 178 g/mol. The minimum absolute atomic E-state index is 0.121. The highest BCUT2D eigenvalue weighted by molar-refractivity contribution is 5.01. The molecule has 0 aromatic heterocycles. The first-order valence-corrected chi connectivity index (χ1v) is 5.31. The van der Waals surface area contributed by atoms with Crippen LogP contribution >= 0.6 is 0 Å². The largest absolute Gasteiger partial charge is 0.388 e. The van der Waals surface area contributed by atoms with Gasteiger partial charge in [-0.25, -0.2) is 0 Å². The molecule has 0 spiro atoms. The topological polar surface area (TPSA) is 53.2 Å². The van der Waals surface area contributed by atoms with E-state index in [4.69, 9.17) is 10.00 Å². The fourth-order valence-electron chi connectivity index (χ4n) is 2.34. The van der Waals surface area contributed by atoms with Gasteiger partial charge in [0.25, 0.3) is 0 Å². The van der Waals surface area contributed by atoms with E-state index >= 15 is 0 Å². The number of nitrogens with zero attached hydrogens (tertiary/aromatic N) is 1. The zero-order valence-electron chi connectivity index (χ0n) is 8.99. The van der Waals surface area contributed by atoms with E-state index in [0.29, 0.717) is 12.8 Å². The molecule has 1 N–H and O–H groups in total. The van der Waals surface area contributed by atoms with Gasteiger partial charge < -0.3 is 9.84 Å². The summed E-state index contributed by atoms with van der Waals surface area (Å²) in [6, 6.07) is 2.20. The van der Waals surface area contributed by atoms with Crippen LogP contribution in [0.25, 0.3) is 0 Å². The Bertz CT molecular complexity index is 224. The second kappa shape index (κ2) is 4.77. The molecule has 0 aromatic rings. The summed E-state index contributed by atoms with van der Waals surface area (Å²) in [7, 11) is 1.67. The van der Waals surface area contributed by atoms with Gasteiger partial charge in [-0.15, -0.1) is 0 Å². The molecule has 0 amide bonds. The quantitative estimate of drug-likeness (QED) is 0.751. The highest BCUT2D eigenvalue weighted by Gasteiger charge is 2.40. The van der Waals surface area contributed by atoms with E-state index in [2.05, 4.69) is 6.07 Å². The van der Waals surface area contributed by atoms with Gasteiger partial charge in [0.1, 0.15) is 0 Å². The Balaban J connectivity index is 2.68. The molecule has 0 radical (unpaired) electrons. The van der Waals surface area contributed by atoms with Gasteiger partial charge in [-0.1, -0.05) is 6.92 Å². The van der Waals surface area contributed by atoms with Crippen molar-refractivity contribution in [1.82, 2.24) is 0 Å². The molecule has 0 heterocycles. The summed E-state index contributed by atoms with van der Waals surface area (Å²) in [5, 5.41) is 19.3. The smallest absolute Gasteiger partial charge is 0.0829 e. The van der Waals surface area contributed by atoms with Gasteiger partial charge in [-0.2, -0.15) is 5.26 Å². The Morgan fingerprint density at radius 1 is 1.71 bits per heavy atom. The zero-order chi connectivity index (χ0) is 10.6. The van der Waals surface area contributed by atoms with E-state index in [1.54, 1.807) is 7.11 Å². The monoisotopic (exact) mass is 197 g/mol. The average molecular weight is 197 g/mol. The summed E-state index contributed by atoms with van der Waals surface area (Å²) in [4.78, 5) is 0. The summed E-state index contributed by atoms with van der Waals surface area (Å²) in [5.74, 6) is -0.250. The molecule has 0 aliphatic heterocycles. The minimum Gasteiger partial charge on any atom is -0.388 e. The fraction of sp³-hybridized carbons (Fsp3) is 0.909. The van der Waals surface area contributed by atoms with Gasteiger partial charge in [-0.3, -0.25) is 0 Å². The second-order valence-electron chi connectivity index (χ2n) is 4.15. The maximum atomic E-state index is 10.3. The molecule has 0 bridgehead atoms. The lowest BCUT2D eigenvalue weighted by Gasteiger charge is -2.38. The van der Waals surface area contributed by atoms with Crippen LogP contribution in [0.1, 0.15) is 39.0 Å². The lowest BCUT2D eigenvalue weighted by atomic mass is 9.74. The first kappa shape index (κ1) is 11.5. The van der Waals surface area contributed by atoms with E-state index < -0.39 is 5.60 Å². The number of aliphatic hydroxyl groups is 1. The predicted molar refractivity (Wildman–Crippen MR) is 53.6 cm³/mol. The molecule has 3 unspecified atom stereocenters. The van der Waals surface area contributed by atoms with Crippen LogP contribution in [-0.2, 0) is 4.74 Å². The first-order valence-electron chi connectivity index (χ1n) is 5.31. The maximum Gasteiger partial charge on any atom is 0.0829 e. The molecule has 1 fully saturated rings. The lowest BCUT2D eigenvalue weighted by molar-refractivity contribution is -0.0819. The van der Waals surface area contributed by atoms with Gasteiger partial charge in [0, 0.05) is 13.5 Å². The Morgan fingerprint density at radius 3 is 2.93 bits per heavy atom. The van der Waals surface area contributed by atoms with Crippen LogP contribution in [0.15, 0.2) is 0 Å². The van der Waals surface area contributed by atoms with Crippen LogP contribution in [0.2, 0.25) is 0 Å². The molecular formula is C11H19NO2. The van der Waals surface area contributed by atoms with Gasteiger partial charge >= 0.3 is 0 Å². The van der Waals surface area contributed by atoms with Crippen LogP contribution in [0.5, 0.6) is 0 Å². The molecule has 1 saturated carbocycles. The zero-order valence-corrected chi connectivity index (χ0v) is 8.99. The number of methoxy groups -OCH3 is 1. The van der Waals surface area contributed by atoms with Gasteiger partial charge in [-0.05, 0) is 25.7 Å². The van der Waals surface area contributed by atoms with Crippen molar-refractivity contribution in [3.63, 3.8) is 0 Å². The predicted octanol–water partition coefficient (Wildman–Crippen LogP) is 1.86. The standard InChI is InChI=1S/C11H19NO2/c1-3-9(8-12)11(13)6-4-5-10(7-11)14-2/h9-10,13H,3-7H2,1-2H3. The fourth-order valence-corrected chi connectivity index (χ4v) is 2.34. The third kappa shape index (κ3) is 2.26. The lowest BCUT2D eigenvalue weighted by Crippen LogP contribution is -2.43. The summed E-state index contributed by atoms with van der Waals surface area (Å²) in [6.45, 7) is 1.95. The number of hydrogen-bond acceptors (Lipinski definition) is 3. The summed E-state index contributed by atoms with van der Waals surface area (Å²) >= 11 is 0. The number of rotatable bonds is 3. The van der Waals surface area contributed by atoms with Gasteiger partial charge in [0.2, 0.25) is 0 Å². The average Bonchev–Trinajstić information content (AvgIpc) is 2.19. The van der Waals surface area contributed by atoms with Gasteiger partial charge in [0.05, 0.1) is 23.7 Å². The van der Waals surface area contributed by atoms with E-state index in [1.807, 2.05) is 6.92 Å². The Labute approximate surface area is 85.7 Å². The van der Waals surface area contributed by atoms with Crippen LogP contribution in [0.3, 0.4) is 0 Å². The molecule has 14 heavy (non-hydrogen) atoms. The normalized spacial score (nSPS) is 34.9. The van der Waals surface area contributed by atoms with Crippen molar-refractivity contribution < 1.29 is 9.84 Å². The molecule has 1 aliphatic rings. The van der Waals surface area contributed by atoms with E-state index in [-0.39, 0.29) is 12.0 Å². The van der Waals surface area contributed by atoms with Crippen molar-refractivity contribution >= 4 is 0 Å². The number of ether oxygens (including phenoxy) is 1. The van der Waals surface area contributed by atoms with Gasteiger partial charge in [0.15, 0.2) is 0 Å². The minimum atomic E-state index is -0.817. The van der Waals surface area contributed by atoms with Crippen molar-refractivity contribution in [3.8, 4) is 6.07 Å². The third-order valence-corrected chi connectivity index (χ3v) is 3.26. The summed E-state index contributed by atoms with van der Waals surface area (Å²) < 4.78 is 5.26. The highest BCUT2D eigenvalue weighted by atomic mass is 16.5. The number of hydrogen-bond donors (Lipinski definition) is 1. The molecule has 3 heteroatoms. The summed E-state index contributed by atoms with van der Waals surface area (Å²) in [6.07, 6.45) is 4.13. The summed E-state index contributed by atoms with van der Waals surface area (Å²) in [5.41, 5.74) is -0.817. The van der Waals surface area contributed by atoms with Crippen LogP contribution in [-0.4, -0.2) is 23.9 Å². The molecule has 0 saturated heterocycles. The van der Waals surface area contributed by atoms with Crippen LogP contribution in [0, 0.1) is 17.2 Å². The molecule has 0 aromatic carbocycles. The Kier molecular flexibility index (Phi) is 3.91.